The predicted octanol–water partition coefficient (Wildman–Crippen LogP) is 2.48. The Bertz CT molecular complexity index is 1060. The third kappa shape index (κ3) is 4.73. The van der Waals surface area contributed by atoms with Gasteiger partial charge in [-0.3, -0.25) is 9.52 Å². The van der Waals surface area contributed by atoms with E-state index >= 15 is 0 Å². The summed E-state index contributed by atoms with van der Waals surface area (Å²) in [6.07, 6.45) is 6.34. The molecule has 0 atom stereocenters. The SMILES string of the molecule is Cc1cc(C(=O)NCc2ccccc2-n2ccnc2)ccc1NS(C)(=O)=O. The molecule has 3 rings (SSSR count). The molecule has 7 nitrogen and oxygen atoms in total. The second kappa shape index (κ2) is 7.63. The molecule has 27 heavy (non-hydrogen) atoms. The molecule has 3 aromatic rings. The lowest BCUT2D eigenvalue weighted by Crippen LogP contribution is -2.23. The summed E-state index contributed by atoms with van der Waals surface area (Å²) in [5.41, 5.74) is 3.49. The summed E-state index contributed by atoms with van der Waals surface area (Å²) in [6.45, 7) is 2.11. The van der Waals surface area contributed by atoms with E-state index in [1.807, 2.05) is 35.0 Å². The molecule has 0 bridgehead atoms. The summed E-state index contributed by atoms with van der Waals surface area (Å²) in [5.74, 6) is -0.232. The minimum Gasteiger partial charge on any atom is -0.348 e. The number of nitrogens with zero attached hydrogens (tertiary/aromatic N) is 2. The molecule has 0 fully saturated rings. The first-order valence-electron chi connectivity index (χ1n) is 8.26. The Morgan fingerprint density at radius 1 is 1.19 bits per heavy atom. The van der Waals surface area contributed by atoms with Gasteiger partial charge in [0.1, 0.15) is 0 Å². The number of sulfonamides is 1. The molecular weight excluding hydrogens is 364 g/mol. The van der Waals surface area contributed by atoms with Gasteiger partial charge in [-0.1, -0.05) is 18.2 Å². The van der Waals surface area contributed by atoms with E-state index in [0.29, 0.717) is 23.4 Å². The molecule has 0 saturated carbocycles. The average molecular weight is 384 g/mol. The molecule has 140 valence electrons. The number of anilines is 1. The van der Waals surface area contributed by atoms with E-state index in [0.717, 1.165) is 17.5 Å². The fraction of sp³-hybridized carbons (Fsp3) is 0.158. The fourth-order valence-corrected chi connectivity index (χ4v) is 3.34. The first-order valence-corrected chi connectivity index (χ1v) is 10.2. The van der Waals surface area contributed by atoms with Crippen LogP contribution in [0.25, 0.3) is 5.69 Å². The predicted molar refractivity (Wildman–Crippen MR) is 104 cm³/mol. The van der Waals surface area contributed by atoms with Gasteiger partial charge in [-0.15, -0.1) is 0 Å². The topological polar surface area (TPSA) is 93.1 Å². The van der Waals surface area contributed by atoms with Crippen molar-refractivity contribution in [1.29, 1.82) is 0 Å². The molecule has 8 heteroatoms. The number of para-hydroxylation sites is 1. The number of hydrogen-bond donors (Lipinski definition) is 2. The van der Waals surface area contributed by atoms with Gasteiger partial charge in [0.25, 0.3) is 5.91 Å². The summed E-state index contributed by atoms with van der Waals surface area (Å²) >= 11 is 0. The summed E-state index contributed by atoms with van der Waals surface area (Å²) < 4.78 is 27.0. The number of aromatic nitrogens is 2. The monoisotopic (exact) mass is 384 g/mol. The van der Waals surface area contributed by atoms with Gasteiger partial charge < -0.3 is 9.88 Å². The Hall–Kier alpha value is -3.13. The van der Waals surface area contributed by atoms with Crippen LogP contribution in [0.4, 0.5) is 5.69 Å². The molecular formula is C19H20N4O3S. The van der Waals surface area contributed by atoms with E-state index in [-0.39, 0.29) is 5.91 Å². The number of benzene rings is 2. The smallest absolute Gasteiger partial charge is 0.251 e. The van der Waals surface area contributed by atoms with Crippen LogP contribution in [0, 0.1) is 6.92 Å². The van der Waals surface area contributed by atoms with Gasteiger partial charge in [-0.2, -0.15) is 0 Å². The zero-order valence-electron chi connectivity index (χ0n) is 15.0. The standard InChI is InChI=1S/C19H20N4O3S/c1-14-11-15(7-8-17(14)22-27(2,25)26)19(24)21-12-16-5-3-4-6-18(16)23-10-9-20-13-23/h3-11,13,22H,12H2,1-2H3,(H,21,24). The maximum atomic E-state index is 12.5. The van der Waals surface area contributed by atoms with Crippen LogP contribution in [-0.2, 0) is 16.6 Å². The van der Waals surface area contributed by atoms with Crippen molar-refractivity contribution in [2.75, 3.05) is 11.0 Å². The van der Waals surface area contributed by atoms with E-state index in [4.69, 9.17) is 0 Å². The van der Waals surface area contributed by atoms with Gasteiger partial charge in [-0.05, 0) is 42.3 Å². The van der Waals surface area contributed by atoms with Crippen molar-refractivity contribution < 1.29 is 13.2 Å². The van der Waals surface area contributed by atoms with Crippen molar-refractivity contribution in [1.82, 2.24) is 14.9 Å². The quantitative estimate of drug-likeness (QED) is 0.683. The molecule has 0 saturated heterocycles. The Morgan fingerprint density at radius 3 is 2.63 bits per heavy atom. The summed E-state index contributed by atoms with van der Waals surface area (Å²) in [6, 6.07) is 12.6. The van der Waals surface area contributed by atoms with Crippen LogP contribution in [0.2, 0.25) is 0 Å². The van der Waals surface area contributed by atoms with Crippen LogP contribution in [0.3, 0.4) is 0 Å². The molecule has 0 radical (unpaired) electrons. The lowest BCUT2D eigenvalue weighted by molar-refractivity contribution is 0.0951. The van der Waals surface area contributed by atoms with Crippen LogP contribution in [0.1, 0.15) is 21.5 Å². The van der Waals surface area contributed by atoms with E-state index in [1.54, 1.807) is 37.6 Å². The zero-order chi connectivity index (χ0) is 19.4. The van der Waals surface area contributed by atoms with E-state index in [2.05, 4.69) is 15.0 Å². The number of carbonyl (C=O) groups excluding carboxylic acids is 1. The van der Waals surface area contributed by atoms with Crippen molar-refractivity contribution >= 4 is 21.6 Å². The Balaban J connectivity index is 1.73. The largest absolute Gasteiger partial charge is 0.348 e. The minimum absolute atomic E-state index is 0.232. The van der Waals surface area contributed by atoms with E-state index < -0.39 is 10.0 Å². The van der Waals surface area contributed by atoms with Gasteiger partial charge in [-0.25, -0.2) is 13.4 Å². The van der Waals surface area contributed by atoms with Gasteiger partial charge in [0.05, 0.1) is 24.0 Å². The van der Waals surface area contributed by atoms with Crippen molar-refractivity contribution in [2.24, 2.45) is 0 Å². The Morgan fingerprint density at radius 2 is 1.96 bits per heavy atom. The van der Waals surface area contributed by atoms with Crippen LogP contribution >= 0.6 is 0 Å². The van der Waals surface area contributed by atoms with Crippen molar-refractivity contribution in [3.8, 4) is 5.69 Å². The summed E-state index contributed by atoms with van der Waals surface area (Å²) in [4.78, 5) is 16.5. The zero-order valence-corrected chi connectivity index (χ0v) is 15.8. The first kappa shape index (κ1) is 18.7. The first-order chi connectivity index (χ1) is 12.8. The van der Waals surface area contributed by atoms with Gasteiger partial charge in [0, 0.05) is 24.5 Å². The molecule has 1 heterocycles. The average Bonchev–Trinajstić information content (AvgIpc) is 3.15. The highest BCUT2D eigenvalue weighted by molar-refractivity contribution is 7.92. The number of amides is 1. The van der Waals surface area contributed by atoms with Gasteiger partial charge >= 0.3 is 0 Å². The van der Waals surface area contributed by atoms with Crippen LogP contribution in [0.15, 0.2) is 61.2 Å². The lowest BCUT2D eigenvalue weighted by Gasteiger charge is -2.12. The third-order valence-corrected chi connectivity index (χ3v) is 4.59. The summed E-state index contributed by atoms with van der Waals surface area (Å²) in [5, 5.41) is 2.90. The maximum absolute atomic E-state index is 12.5. The molecule has 0 aliphatic heterocycles. The third-order valence-electron chi connectivity index (χ3n) is 4.00. The van der Waals surface area contributed by atoms with Crippen LogP contribution in [-0.4, -0.2) is 30.1 Å². The molecule has 0 unspecified atom stereocenters. The molecule has 0 aliphatic carbocycles. The molecule has 0 aliphatic rings. The highest BCUT2D eigenvalue weighted by Crippen LogP contribution is 2.18. The normalized spacial score (nSPS) is 11.2. The molecule has 2 aromatic carbocycles. The second-order valence-corrected chi connectivity index (χ2v) is 7.93. The number of rotatable bonds is 6. The minimum atomic E-state index is -3.36. The van der Waals surface area contributed by atoms with E-state index in [1.165, 1.54) is 0 Å². The summed E-state index contributed by atoms with van der Waals surface area (Å²) in [7, 11) is -3.36. The van der Waals surface area contributed by atoms with Crippen LogP contribution in [0.5, 0.6) is 0 Å². The highest BCUT2D eigenvalue weighted by Gasteiger charge is 2.11. The van der Waals surface area contributed by atoms with Gasteiger partial charge in [0.15, 0.2) is 0 Å². The Kier molecular flexibility index (Phi) is 5.27. The van der Waals surface area contributed by atoms with Crippen molar-refractivity contribution in [3.63, 3.8) is 0 Å². The van der Waals surface area contributed by atoms with Crippen molar-refractivity contribution in [2.45, 2.75) is 13.5 Å². The number of nitrogens with one attached hydrogen (secondary N) is 2. The molecule has 0 spiro atoms. The van der Waals surface area contributed by atoms with Crippen LogP contribution < -0.4 is 10.0 Å². The number of aryl methyl sites for hydroxylation is 1. The van der Waals surface area contributed by atoms with Crippen molar-refractivity contribution in [3.05, 3.63) is 77.9 Å². The molecule has 1 amide bonds. The molecule has 2 N–H and O–H groups in total. The molecule has 1 aromatic heterocycles. The number of hydrogen-bond acceptors (Lipinski definition) is 4. The fourth-order valence-electron chi connectivity index (χ4n) is 2.71. The number of imidazole rings is 1. The number of carbonyl (C=O) groups is 1. The maximum Gasteiger partial charge on any atom is 0.251 e. The lowest BCUT2D eigenvalue weighted by atomic mass is 10.1. The Labute approximate surface area is 158 Å². The van der Waals surface area contributed by atoms with E-state index in [9.17, 15) is 13.2 Å². The highest BCUT2D eigenvalue weighted by atomic mass is 32.2. The second-order valence-electron chi connectivity index (χ2n) is 6.19. The van der Waals surface area contributed by atoms with Gasteiger partial charge in [0.2, 0.25) is 10.0 Å².